The number of hydrogen-bond donors (Lipinski definition) is 5. The van der Waals surface area contributed by atoms with Crippen molar-refractivity contribution in [3.05, 3.63) is 141 Å². The smallest absolute Gasteiger partial charge is 0.226 e. The number of pyridine rings is 4. The van der Waals surface area contributed by atoms with Gasteiger partial charge < -0.3 is 29.0 Å². The number of carbonyl (C=O) groups excluding carboxylic acids is 1. The highest BCUT2D eigenvalue weighted by molar-refractivity contribution is 6.00. The van der Waals surface area contributed by atoms with E-state index >= 15 is 0 Å². The van der Waals surface area contributed by atoms with Gasteiger partial charge in [0.25, 0.3) is 0 Å². The predicted molar refractivity (Wildman–Crippen MR) is 272 cm³/mol. The van der Waals surface area contributed by atoms with Crippen LogP contribution in [0.1, 0.15) is 33.3 Å². The van der Waals surface area contributed by atoms with Crippen LogP contribution in [0.4, 0.5) is 5.69 Å². The van der Waals surface area contributed by atoms with E-state index in [1.165, 1.54) is 5.56 Å². The number of rotatable bonds is 10. The highest BCUT2D eigenvalue weighted by Crippen LogP contribution is 2.35. The summed E-state index contributed by atoms with van der Waals surface area (Å²) >= 11 is 0. The van der Waals surface area contributed by atoms with Gasteiger partial charge in [0.1, 0.15) is 22.4 Å². The Morgan fingerprint density at radius 3 is 1.60 bits per heavy atom. The van der Waals surface area contributed by atoms with Gasteiger partial charge in [-0.2, -0.15) is 10.2 Å². The summed E-state index contributed by atoms with van der Waals surface area (Å²) in [6.45, 7) is 8.55. The van der Waals surface area contributed by atoms with Crippen LogP contribution >= 0.6 is 0 Å². The Balaban J connectivity index is 0.000000157. The van der Waals surface area contributed by atoms with Gasteiger partial charge in [-0.25, -0.2) is 9.97 Å². The van der Waals surface area contributed by atoms with Crippen molar-refractivity contribution in [1.29, 1.82) is 0 Å². The molecule has 0 saturated carbocycles. The quantitative estimate of drug-likeness (QED) is 0.0863. The van der Waals surface area contributed by atoms with Crippen LogP contribution in [-0.2, 0) is 11.3 Å². The minimum Gasteiger partial charge on any atom is -0.472 e. The Morgan fingerprint density at radius 2 is 1.10 bits per heavy atom. The molecule has 0 aliphatic rings. The summed E-state index contributed by atoms with van der Waals surface area (Å²) in [4.78, 5) is 48.1. The lowest BCUT2D eigenvalue weighted by Crippen LogP contribution is -2.17. The summed E-state index contributed by atoms with van der Waals surface area (Å²) in [7, 11) is 4.11. The zero-order valence-electron chi connectivity index (χ0n) is 39.2. The average Bonchev–Trinajstić information content (AvgIpc) is 4.24. The highest BCUT2D eigenvalue weighted by Gasteiger charge is 2.19. The number of carbonyl (C=O) groups is 1. The maximum atomic E-state index is 12.1. The molecule has 12 rings (SSSR count). The van der Waals surface area contributed by atoms with E-state index in [0.29, 0.717) is 23.0 Å². The fourth-order valence-electron chi connectivity index (χ4n) is 8.15. The molecule has 5 N–H and O–H groups in total. The Morgan fingerprint density at radius 1 is 0.586 bits per heavy atom. The first-order chi connectivity index (χ1) is 34.2. The SMILES string of the molecule is CC.CC(C)C(=O)Nc1cncc(-c2ccc3[nH]nc(-c4nc5c(-c6ccoc6)cncc5[nH]4)c3c2)c1.CN(C)Cc1cncc(-c2ccc3[nH]nc(-c4nc5c(-c6ccoc6)cncc5[nH]4)c3c2)c1. The molecule has 0 unspecified atom stereocenters. The van der Waals surface area contributed by atoms with Crippen molar-refractivity contribution in [3.63, 3.8) is 0 Å². The van der Waals surface area contributed by atoms with E-state index in [1.54, 1.807) is 62.2 Å². The molecular weight excluding hydrogens is 881 g/mol. The number of nitrogens with zero attached hydrogens (tertiary/aromatic N) is 9. The summed E-state index contributed by atoms with van der Waals surface area (Å²) < 4.78 is 10.5. The number of H-pyrrole nitrogens is 4. The van der Waals surface area contributed by atoms with Crippen LogP contribution in [0.3, 0.4) is 0 Å². The molecule has 0 radical (unpaired) electrons. The molecule has 0 spiro atoms. The third kappa shape index (κ3) is 8.91. The summed E-state index contributed by atoms with van der Waals surface area (Å²) in [6.07, 6.45) is 21.0. The highest BCUT2D eigenvalue weighted by atomic mass is 16.3. The first-order valence-corrected chi connectivity index (χ1v) is 22.8. The van der Waals surface area contributed by atoms with E-state index < -0.39 is 0 Å². The van der Waals surface area contributed by atoms with Gasteiger partial charge in [-0.3, -0.25) is 34.9 Å². The molecular formula is C53H48N14O3. The molecule has 17 heteroatoms. The molecule has 12 aromatic rings. The fourth-order valence-corrected chi connectivity index (χ4v) is 8.15. The minimum absolute atomic E-state index is 0.0503. The van der Waals surface area contributed by atoms with Crippen molar-refractivity contribution in [1.82, 2.24) is 65.2 Å². The zero-order valence-corrected chi connectivity index (χ0v) is 39.2. The molecule has 70 heavy (non-hydrogen) atoms. The van der Waals surface area contributed by atoms with Crippen LogP contribution in [-0.4, -0.2) is 85.2 Å². The number of aromatic amines is 4. The van der Waals surface area contributed by atoms with Crippen molar-refractivity contribution < 1.29 is 13.6 Å². The Hall–Kier alpha value is -9.09. The molecule has 0 fully saturated rings. The zero-order chi connectivity index (χ0) is 48.3. The monoisotopic (exact) mass is 928 g/mol. The van der Waals surface area contributed by atoms with Crippen LogP contribution in [0.15, 0.2) is 144 Å². The Labute approximate surface area is 400 Å². The number of fused-ring (bicyclic) bond motifs is 4. The van der Waals surface area contributed by atoms with Crippen molar-refractivity contribution >= 4 is 55.5 Å². The number of anilines is 1. The van der Waals surface area contributed by atoms with Gasteiger partial charge in [0.15, 0.2) is 11.6 Å². The van der Waals surface area contributed by atoms with Gasteiger partial charge in [0.2, 0.25) is 5.91 Å². The summed E-state index contributed by atoms with van der Waals surface area (Å²) in [5, 5.41) is 20.1. The molecule has 0 saturated heterocycles. The maximum absolute atomic E-state index is 12.1. The predicted octanol–water partition coefficient (Wildman–Crippen LogP) is 11.3. The van der Waals surface area contributed by atoms with Crippen LogP contribution in [0.2, 0.25) is 0 Å². The maximum Gasteiger partial charge on any atom is 0.226 e. The second kappa shape index (κ2) is 19.3. The largest absolute Gasteiger partial charge is 0.472 e. The number of hydrogen-bond acceptors (Lipinski definition) is 12. The van der Waals surface area contributed by atoms with Gasteiger partial charge in [0, 0.05) is 87.6 Å². The first-order valence-electron chi connectivity index (χ1n) is 22.8. The number of furan rings is 2. The van der Waals surface area contributed by atoms with E-state index in [0.717, 1.165) is 101 Å². The Bertz CT molecular complexity index is 3750. The van der Waals surface area contributed by atoms with Crippen molar-refractivity contribution in [3.8, 4) is 67.5 Å². The molecule has 2 aromatic carbocycles. The van der Waals surface area contributed by atoms with E-state index in [1.807, 2.05) is 82.6 Å². The molecule has 348 valence electrons. The van der Waals surface area contributed by atoms with Crippen LogP contribution < -0.4 is 5.32 Å². The van der Waals surface area contributed by atoms with E-state index in [2.05, 4.69) is 92.8 Å². The van der Waals surface area contributed by atoms with Gasteiger partial charge in [-0.05, 0) is 79.3 Å². The second-order valence-electron chi connectivity index (χ2n) is 17.0. The van der Waals surface area contributed by atoms with Crippen LogP contribution in [0.5, 0.6) is 0 Å². The Kier molecular flexibility index (Phi) is 12.3. The minimum atomic E-state index is -0.114. The molecule has 0 aliphatic carbocycles. The topological polar surface area (TPSA) is 225 Å². The third-order valence-corrected chi connectivity index (χ3v) is 11.5. The third-order valence-electron chi connectivity index (χ3n) is 11.5. The van der Waals surface area contributed by atoms with E-state index in [-0.39, 0.29) is 11.8 Å². The second-order valence-corrected chi connectivity index (χ2v) is 17.0. The molecule has 10 heterocycles. The molecule has 17 nitrogen and oxygen atoms in total. The first kappa shape index (κ1) is 44.7. The average molecular weight is 929 g/mol. The van der Waals surface area contributed by atoms with E-state index in [4.69, 9.17) is 18.8 Å². The summed E-state index contributed by atoms with van der Waals surface area (Å²) in [5.41, 5.74) is 16.0. The van der Waals surface area contributed by atoms with Crippen LogP contribution in [0, 0.1) is 5.92 Å². The molecule has 0 bridgehead atoms. The van der Waals surface area contributed by atoms with Crippen LogP contribution in [0.25, 0.3) is 111 Å². The van der Waals surface area contributed by atoms with Crippen molar-refractivity contribution in [2.24, 2.45) is 5.92 Å². The molecule has 1 amide bonds. The van der Waals surface area contributed by atoms with Gasteiger partial charge >= 0.3 is 0 Å². The molecule has 10 aromatic heterocycles. The number of amides is 1. The van der Waals surface area contributed by atoms with Gasteiger partial charge in [0.05, 0.1) is 71.4 Å². The van der Waals surface area contributed by atoms with Crippen molar-refractivity contribution in [2.75, 3.05) is 19.4 Å². The molecule has 0 atom stereocenters. The number of aromatic nitrogens is 12. The lowest BCUT2D eigenvalue weighted by molar-refractivity contribution is -0.118. The summed E-state index contributed by atoms with van der Waals surface area (Å²) in [5.74, 6) is 1.16. The van der Waals surface area contributed by atoms with E-state index in [9.17, 15) is 4.79 Å². The number of benzene rings is 2. The van der Waals surface area contributed by atoms with Gasteiger partial charge in [-0.1, -0.05) is 39.8 Å². The standard InChI is InChI=1S/C26H21N7O2.C25H21N7O.C2H6/c1-14(2)26(34)29-18-7-17(9-27-10-18)15-3-4-21-19(8-15)24(33-32-21)25-30-22-12-28-11-20(23(22)31-25)16-5-6-35-13-16;1-32(2)13-15-7-18(10-26-9-15)16-3-4-21-19(8-16)24(31-30-21)25-28-22-12-27-11-20(23(22)29-25)17-5-6-33-14-17;1-2/h3-14H,1-2H3,(H,29,34)(H,30,31)(H,32,33);3-12,14H,13H2,1-2H3,(H,28,29)(H,30,31);1-2H3. The number of imidazole rings is 2. The lowest BCUT2D eigenvalue weighted by Gasteiger charge is -2.10. The summed E-state index contributed by atoms with van der Waals surface area (Å²) in [6, 6.07) is 20.1. The van der Waals surface area contributed by atoms with Gasteiger partial charge in [-0.15, -0.1) is 0 Å². The molecule has 0 aliphatic heterocycles. The normalized spacial score (nSPS) is 11.4. The number of nitrogens with one attached hydrogen (secondary N) is 5. The lowest BCUT2D eigenvalue weighted by atomic mass is 10.0. The van der Waals surface area contributed by atoms with Crippen molar-refractivity contribution in [2.45, 2.75) is 34.2 Å². The fraction of sp³-hybridized carbons (Fsp3) is 0.151.